The number of hydrogen-bond donors (Lipinski definition) is 0. The fourth-order valence-corrected chi connectivity index (χ4v) is 1.43. The molecule has 1 unspecified atom stereocenters. The summed E-state index contributed by atoms with van der Waals surface area (Å²) < 4.78 is 0. The van der Waals surface area contributed by atoms with Crippen molar-refractivity contribution in [2.24, 2.45) is 5.92 Å². The van der Waals surface area contributed by atoms with Crippen molar-refractivity contribution in [2.45, 2.75) is 32.7 Å². The Morgan fingerprint density at radius 3 is 2.55 bits per heavy atom. The first-order valence-corrected chi connectivity index (χ1v) is 4.31. The summed E-state index contributed by atoms with van der Waals surface area (Å²) in [6.07, 6.45) is 2.70. The number of rotatable bonds is 4. The summed E-state index contributed by atoms with van der Waals surface area (Å²) in [6, 6.07) is 0.596. The summed E-state index contributed by atoms with van der Waals surface area (Å²) in [5.41, 5.74) is 0. The number of hydrogen-bond acceptors (Lipinski definition) is 2. The van der Waals surface area contributed by atoms with E-state index in [4.69, 9.17) is 0 Å². The minimum Gasteiger partial charge on any atom is -0.299 e. The minimum atomic E-state index is 0.264. The van der Waals surface area contributed by atoms with Gasteiger partial charge in [0.05, 0.1) is 6.54 Å². The van der Waals surface area contributed by atoms with E-state index < -0.39 is 0 Å². The van der Waals surface area contributed by atoms with Crippen LogP contribution < -0.4 is 0 Å². The molecule has 1 rings (SSSR count). The van der Waals surface area contributed by atoms with Crippen LogP contribution in [0.15, 0.2) is 0 Å². The lowest BCUT2D eigenvalue weighted by atomic mass is 10.2. The molecule has 0 saturated heterocycles. The zero-order valence-electron chi connectivity index (χ0n) is 7.63. The van der Waals surface area contributed by atoms with Gasteiger partial charge in [0.25, 0.3) is 0 Å². The second-order valence-corrected chi connectivity index (χ2v) is 3.70. The van der Waals surface area contributed by atoms with Crippen LogP contribution >= 0.6 is 0 Å². The Labute approximate surface area is 68.6 Å². The first-order valence-electron chi connectivity index (χ1n) is 4.31. The largest absolute Gasteiger partial charge is 0.299 e. The average Bonchev–Trinajstić information content (AvgIpc) is 2.65. The maximum absolute atomic E-state index is 10.8. The Hall–Kier alpha value is -0.370. The van der Waals surface area contributed by atoms with Gasteiger partial charge in [-0.2, -0.15) is 0 Å². The number of ketones is 1. The van der Waals surface area contributed by atoms with Crippen LogP contribution in [0.4, 0.5) is 0 Å². The van der Waals surface area contributed by atoms with Crippen molar-refractivity contribution in [3.8, 4) is 0 Å². The van der Waals surface area contributed by atoms with Gasteiger partial charge in [-0.3, -0.25) is 9.69 Å². The Balaban J connectivity index is 2.26. The van der Waals surface area contributed by atoms with Crippen LogP contribution in [0.25, 0.3) is 0 Å². The van der Waals surface area contributed by atoms with E-state index in [1.807, 2.05) is 7.05 Å². The third-order valence-corrected chi connectivity index (χ3v) is 2.47. The first kappa shape index (κ1) is 8.72. The zero-order valence-corrected chi connectivity index (χ0v) is 7.63. The summed E-state index contributed by atoms with van der Waals surface area (Å²) in [5.74, 6) is 1.12. The van der Waals surface area contributed by atoms with E-state index in [1.54, 1.807) is 6.92 Å². The molecule has 1 saturated carbocycles. The third kappa shape index (κ3) is 2.62. The molecule has 0 amide bonds. The number of likely N-dealkylation sites (N-methyl/N-ethyl adjacent to an activating group) is 1. The van der Waals surface area contributed by atoms with Crippen LogP contribution in [-0.4, -0.2) is 30.3 Å². The molecule has 1 fully saturated rings. The highest BCUT2D eigenvalue weighted by atomic mass is 16.1. The molecule has 1 atom stereocenters. The van der Waals surface area contributed by atoms with Gasteiger partial charge < -0.3 is 0 Å². The standard InChI is InChI=1S/C9H17NO/c1-7(11)6-10(3)8(2)9-4-5-9/h8-9H,4-6H2,1-3H3. The van der Waals surface area contributed by atoms with E-state index in [0.29, 0.717) is 12.6 Å². The van der Waals surface area contributed by atoms with Gasteiger partial charge in [0.1, 0.15) is 5.78 Å². The van der Waals surface area contributed by atoms with E-state index in [9.17, 15) is 4.79 Å². The third-order valence-electron chi connectivity index (χ3n) is 2.47. The molecule has 0 heterocycles. The molecular weight excluding hydrogens is 138 g/mol. The summed E-state index contributed by atoms with van der Waals surface area (Å²) in [5, 5.41) is 0. The summed E-state index contributed by atoms with van der Waals surface area (Å²) >= 11 is 0. The van der Waals surface area contributed by atoms with E-state index in [2.05, 4.69) is 11.8 Å². The highest BCUT2D eigenvalue weighted by Gasteiger charge is 2.30. The van der Waals surface area contributed by atoms with Gasteiger partial charge in [0, 0.05) is 6.04 Å². The van der Waals surface area contributed by atoms with Crippen molar-refractivity contribution in [3.05, 3.63) is 0 Å². The molecule has 1 aliphatic rings. The summed E-state index contributed by atoms with van der Waals surface area (Å²) in [4.78, 5) is 12.9. The lowest BCUT2D eigenvalue weighted by Crippen LogP contribution is -2.34. The molecule has 0 aliphatic heterocycles. The second-order valence-electron chi connectivity index (χ2n) is 3.70. The summed E-state index contributed by atoms with van der Waals surface area (Å²) in [7, 11) is 2.03. The van der Waals surface area contributed by atoms with Gasteiger partial charge in [-0.15, -0.1) is 0 Å². The number of carbonyl (C=O) groups excluding carboxylic acids is 1. The van der Waals surface area contributed by atoms with Crippen molar-refractivity contribution in [3.63, 3.8) is 0 Å². The Morgan fingerprint density at radius 2 is 2.18 bits per heavy atom. The molecule has 1 aliphatic carbocycles. The molecule has 0 aromatic rings. The van der Waals surface area contributed by atoms with Gasteiger partial charge >= 0.3 is 0 Å². The molecule has 0 bridgehead atoms. The number of carbonyl (C=O) groups is 1. The van der Waals surface area contributed by atoms with Gasteiger partial charge in [0.15, 0.2) is 0 Å². The van der Waals surface area contributed by atoms with Crippen molar-refractivity contribution in [1.29, 1.82) is 0 Å². The van der Waals surface area contributed by atoms with Crippen molar-refractivity contribution in [1.82, 2.24) is 4.90 Å². The predicted octanol–water partition coefficient (Wildman–Crippen LogP) is 1.31. The van der Waals surface area contributed by atoms with Crippen molar-refractivity contribution >= 4 is 5.78 Å². The SMILES string of the molecule is CC(=O)CN(C)C(C)C1CC1. The minimum absolute atomic E-state index is 0.264. The average molecular weight is 155 g/mol. The van der Waals surface area contributed by atoms with Crippen LogP contribution in [0, 0.1) is 5.92 Å². The van der Waals surface area contributed by atoms with Crippen LogP contribution in [0.2, 0.25) is 0 Å². The molecule has 64 valence electrons. The molecule has 11 heavy (non-hydrogen) atoms. The van der Waals surface area contributed by atoms with Crippen molar-refractivity contribution in [2.75, 3.05) is 13.6 Å². The Bertz CT molecular complexity index is 152. The van der Waals surface area contributed by atoms with Gasteiger partial charge in [-0.05, 0) is 39.7 Å². The van der Waals surface area contributed by atoms with Gasteiger partial charge in [0.2, 0.25) is 0 Å². The maximum atomic E-state index is 10.8. The molecule has 0 aromatic heterocycles. The molecular formula is C9H17NO. The lowest BCUT2D eigenvalue weighted by Gasteiger charge is -2.22. The highest BCUT2D eigenvalue weighted by Crippen LogP contribution is 2.34. The van der Waals surface area contributed by atoms with E-state index in [1.165, 1.54) is 12.8 Å². The lowest BCUT2D eigenvalue weighted by molar-refractivity contribution is -0.118. The van der Waals surface area contributed by atoms with Crippen LogP contribution in [0.3, 0.4) is 0 Å². The van der Waals surface area contributed by atoms with Crippen LogP contribution in [0.1, 0.15) is 26.7 Å². The van der Waals surface area contributed by atoms with E-state index in [0.717, 1.165) is 5.92 Å². The zero-order chi connectivity index (χ0) is 8.43. The first-order chi connectivity index (χ1) is 5.11. The van der Waals surface area contributed by atoms with Crippen LogP contribution in [-0.2, 0) is 4.79 Å². The second kappa shape index (κ2) is 3.35. The fourth-order valence-electron chi connectivity index (χ4n) is 1.43. The Kier molecular flexibility index (Phi) is 2.66. The van der Waals surface area contributed by atoms with Crippen molar-refractivity contribution < 1.29 is 4.79 Å². The highest BCUT2D eigenvalue weighted by molar-refractivity contribution is 5.77. The number of Topliss-reactive ketones (excluding diaryl/α,β-unsaturated/α-hetero) is 1. The molecule has 0 N–H and O–H groups in total. The predicted molar refractivity (Wildman–Crippen MR) is 45.5 cm³/mol. The van der Waals surface area contributed by atoms with E-state index >= 15 is 0 Å². The quantitative estimate of drug-likeness (QED) is 0.610. The topological polar surface area (TPSA) is 20.3 Å². The smallest absolute Gasteiger partial charge is 0.143 e. The van der Waals surface area contributed by atoms with Gasteiger partial charge in [-0.1, -0.05) is 0 Å². The normalized spacial score (nSPS) is 20.4. The van der Waals surface area contributed by atoms with E-state index in [-0.39, 0.29) is 5.78 Å². The summed E-state index contributed by atoms with van der Waals surface area (Å²) in [6.45, 7) is 4.47. The molecule has 0 spiro atoms. The van der Waals surface area contributed by atoms with Gasteiger partial charge in [-0.25, -0.2) is 0 Å². The maximum Gasteiger partial charge on any atom is 0.143 e. The number of nitrogens with zero attached hydrogens (tertiary/aromatic N) is 1. The molecule has 2 nitrogen and oxygen atoms in total. The van der Waals surface area contributed by atoms with Crippen LogP contribution in [0.5, 0.6) is 0 Å². The fraction of sp³-hybridized carbons (Fsp3) is 0.889. The monoisotopic (exact) mass is 155 g/mol. The molecule has 2 heteroatoms. The molecule has 0 radical (unpaired) electrons. The molecule has 0 aromatic carbocycles. The Morgan fingerprint density at radius 1 is 1.64 bits per heavy atom.